The molecule has 0 spiro atoms. The Morgan fingerprint density at radius 1 is 1.21 bits per heavy atom. The van der Waals surface area contributed by atoms with Crippen LogP contribution in [-0.4, -0.2) is 77.6 Å². The lowest BCUT2D eigenvalue weighted by atomic mass is 10.0. The highest BCUT2D eigenvalue weighted by Gasteiger charge is 2.38. The second-order valence-corrected chi connectivity index (χ2v) is 8.55. The molecule has 38 heavy (non-hydrogen) atoms. The molecule has 0 unspecified atom stereocenters. The van der Waals surface area contributed by atoms with Gasteiger partial charge in [0.15, 0.2) is 0 Å². The van der Waals surface area contributed by atoms with Crippen molar-refractivity contribution >= 4 is 41.0 Å². The Bertz CT molecular complexity index is 1300. The second kappa shape index (κ2) is 11.5. The zero-order valence-corrected chi connectivity index (χ0v) is 20.4. The average molecular weight is 539 g/mol. The molecule has 2 aliphatic heterocycles. The van der Waals surface area contributed by atoms with E-state index < -0.39 is 18.0 Å². The minimum atomic E-state index is -5.08. The Morgan fingerprint density at radius 2 is 1.89 bits per heavy atom. The summed E-state index contributed by atoms with van der Waals surface area (Å²) in [5, 5.41) is 15.5. The van der Waals surface area contributed by atoms with E-state index in [0.717, 1.165) is 6.54 Å². The summed E-state index contributed by atoms with van der Waals surface area (Å²) < 4.78 is 45.4. The molecule has 1 aromatic carbocycles. The number of halogens is 4. The van der Waals surface area contributed by atoms with Gasteiger partial charge >= 0.3 is 12.1 Å². The highest BCUT2D eigenvalue weighted by Crippen LogP contribution is 2.34. The largest absolute Gasteiger partial charge is 0.490 e. The van der Waals surface area contributed by atoms with E-state index in [9.17, 15) is 31.9 Å². The third kappa shape index (κ3) is 6.76. The molecule has 3 amide bonds. The van der Waals surface area contributed by atoms with Crippen LogP contribution in [0.2, 0.25) is 0 Å². The molecule has 5 N–H and O–H groups in total. The van der Waals surface area contributed by atoms with E-state index in [4.69, 9.17) is 9.90 Å². The molecular formula is C24H25F4N5O5. The number of rotatable bonds is 5. The Morgan fingerprint density at radius 3 is 2.53 bits per heavy atom. The molecule has 204 valence electrons. The first kappa shape index (κ1) is 28.4. The van der Waals surface area contributed by atoms with Gasteiger partial charge < -0.3 is 26.0 Å². The first-order chi connectivity index (χ1) is 17.8. The summed E-state index contributed by atoms with van der Waals surface area (Å²) in [5.41, 5.74) is 3.92. The topological polar surface area (TPSA) is 144 Å². The fraction of sp³-hybridized carbons (Fsp3) is 0.333. The molecule has 2 aromatic rings. The van der Waals surface area contributed by atoms with Crippen LogP contribution in [0.1, 0.15) is 32.9 Å². The number of aliphatic carboxylic acids is 1. The van der Waals surface area contributed by atoms with Crippen LogP contribution >= 0.6 is 0 Å². The van der Waals surface area contributed by atoms with E-state index in [1.807, 2.05) is 4.90 Å². The summed E-state index contributed by atoms with van der Waals surface area (Å²) in [6.45, 7) is 6.30. The molecule has 1 saturated heterocycles. The lowest BCUT2D eigenvalue weighted by Crippen LogP contribution is -2.49. The van der Waals surface area contributed by atoms with Crippen LogP contribution in [-0.2, 0) is 14.4 Å². The maximum Gasteiger partial charge on any atom is 0.490 e. The molecule has 0 atom stereocenters. The number of carbonyl (C=O) groups excluding carboxylic acids is 3. The number of aryl methyl sites for hydroxylation is 1. The molecule has 0 saturated carbocycles. The first-order valence-electron chi connectivity index (χ1n) is 11.4. The van der Waals surface area contributed by atoms with Gasteiger partial charge in [0, 0.05) is 48.8 Å². The molecule has 0 radical (unpaired) electrons. The number of carboxylic acids is 1. The summed E-state index contributed by atoms with van der Waals surface area (Å²) in [6, 6.07) is 4.14. The number of piperazine rings is 1. The fourth-order valence-corrected chi connectivity index (χ4v) is 4.01. The zero-order chi connectivity index (χ0) is 28.2. The average Bonchev–Trinajstić information content (AvgIpc) is 3.28. The highest BCUT2D eigenvalue weighted by molar-refractivity contribution is 6.34. The molecule has 3 heterocycles. The van der Waals surface area contributed by atoms with Crippen LogP contribution < -0.4 is 16.0 Å². The zero-order valence-electron chi connectivity index (χ0n) is 20.4. The number of benzene rings is 1. The van der Waals surface area contributed by atoms with Crippen LogP contribution in [0.15, 0.2) is 18.2 Å². The van der Waals surface area contributed by atoms with Gasteiger partial charge in [-0.1, -0.05) is 0 Å². The minimum absolute atomic E-state index is 0.00927. The Labute approximate surface area is 214 Å². The Balaban J connectivity index is 0.000000505. The molecule has 0 bridgehead atoms. The number of hydrogen-bond acceptors (Lipinski definition) is 5. The number of carboxylic acid groups (broad SMARTS) is 1. The molecular weight excluding hydrogens is 514 g/mol. The van der Waals surface area contributed by atoms with E-state index in [-0.39, 0.29) is 17.7 Å². The van der Waals surface area contributed by atoms with E-state index in [1.54, 1.807) is 19.9 Å². The molecule has 10 nitrogen and oxygen atoms in total. The number of amides is 3. The van der Waals surface area contributed by atoms with Crippen LogP contribution in [0.5, 0.6) is 0 Å². The van der Waals surface area contributed by atoms with E-state index in [0.29, 0.717) is 65.5 Å². The summed E-state index contributed by atoms with van der Waals surface area (Å²) in [7, 11) is 0. The van der Waals surface area contributed by atoms with Gasteiger partial charge in [-0.25, -0.2) is 9.18 Å². The van der Waals surface area contributed by atoms with Crippen molar-refractivity contribution in [2.75, 3.05) is 38.0 Å². The number of H-pyrrole nitrogens is 1. The molecule has 14 heteroatoms. The fourth-order valence-electron chi connectivity index (χ4n) is 4.01. The Hall–Kier alpha value is -4.20. The van der Waals surface area contributed by atoms with Gasteiger partial charge in [0.05, 0.1) is 17.7 Å². The molecule has 1 fully saturated rings. The summed E-state index contributed by atoms with van der Waals surface area (Å²) in [6.07, 6.45) is -3.44. The number of fused-ring (bicyclic) bond motifs is 1. The maximum absolute atomic E-state index is 13.7. The van der Waals surface area contributed by atoms with Gasteiger partial charge in [-0.3, -0.25) is 19.3 Å². The van der Waals surface area contributed by atoms with E-state index in [2.05, 4.69) is 20.9 Å². The number of carbonyl (C=O) groups is 4. The standard InChI is InChI=1S/C22H24FN5O3.C2HF3O2/c1-12-18(10-16-15-9-14(23)3-4-17(15)27-21(16)30)26-13(2)20(12)22(31)25-6-8-28-7-5-24-19(29)11-28;3-2(4,5)1(6)7/h3-4,9-10,26H,5-8,11H2,1-2H3,(H,24,29)(H,25,31)(H,27,30);(H,6,7)/b16-10-;. The first-order valence-corrected chi connectivity index (χ1v) is 11.4. The van der Waals surface area contributed by atoms with Crippen molar-refractivity contribution in [1.82, 2.24) is 20.5 Å². The van der Waals surface area contributed by atoms with E-state index >= 15 is 0 Å². The van der Waals surface area contributed by atoms with Crippen molar-refractivity contribution in [1.29, 1.82) is 0 Å². The van der Waals surface area contributed by atoms with Gasteiger partial charge in [0.1, 0.15) is 5.82 Å². The quantitative estimate of drug-likeness (QED) is 0.291. The van der Waals surface area contributed by atoms with Gasteiger partial charge in [-0.15, -0.1) is 0 Å². The molecule has 2 aliphatic rings. The van der Waals surface area contributed by atoms with E-state index in [1.165, 1.54) is 18.2 Å². The third-order valence-electron chi connectivity index (χ3n) is 5.83. The highest BCUT2D eigenvalue weighted by atomic mass is 19.4. The van der Waals surface area contributed by atoms with Crippen LogP contribution in [0, 0.1) is 19.7 Å². The number of anilines is 1. The monoisotopic (exact) mass is 539 g/mol. The third-order valence-corrected chi connectivity index (χ3v) is 5.83. The number of aromatic amines is 1. The van der Waals surface area contributed by atoms with Crippen molar-refractivity contribution in [3.8, 4) is 0 Å². The second-order valence-electron chi connectivity index (χ2n) is 8.55. The van der Waals surface area contributed by atoms with Gasteiger partial charge in [0.2, 0.25) is 5.91 Å². The number of nitrogens with zero attached hydrogens (tertiary/aromatic N) is 1. The van der Waals surface area contributed by atoms with Crippen molar-refractivity contribution in [3.05, 3.63) is 52.1 Å². The van der Waals surface area contributed by atoms with Crippen molar-refractivity contribution < 1.29 is 41.8 Å². The van der Waals surface area contributed by atoms with Crippen molar-refractivity contribution in [2.45, 2.75) is 20.0 Å². The normalized spacial score (nSPS) is 16.3. The number of aromatic nitrogens is 1. The smallest absolute Gasteiger partial charge is 0.475 e. The SMILES string of the molecule is Cc1[nH]c(/C=C2\C(=O)Nc3ccc(F)cc32)c(C)c1C(=O)NCCN1CCNC(=O)C1.O=C(O)C(F)(F)F. The maximum atomic E-state index is 13.7. The molecule has 0 aliphatic carbocycles. The Kier molecular flexibility index (Phi) is 8.56. The summed E-state index contributed by atoms with van der Waals surface area (Å²) >= 11 is 0. The molecule has 4 rings (SSSR count). The molecule has 1 aromatic heterocycles. The lowest BCUT2D eigenvalue weighted by molar-refractivity contribution is -0.192. The van der Waals surface area contributed by atoms with Crippen LogP contribution in [0.3, 0.4) is 0 Å². The van der Waals surface area contributed by atoms with Crippen molar-refractivity contribution in [2.24, 2.45) is 0 Å². The van der Waals surface area contributed by atoms with Crippen molar-refractivity contribution in [3.63, 3.8) is 0 Å². The predicted octanol–water partition coefficient (Wildman–Crippen LogP) is 2.06. The van der Waals surface area contributed by atoms with Crippen LogP contribution in [0.4, 0.5) is 23.2 Å². The number of hydrogen-bond donors (Lipinski definition) is 5. The van der Waals surface area contributed by atoms with Gasteiger partial charge in [-0.2, -0.15) is 13.2 Å². The summed E-state index contributed by atoms with van der Waals surface area (Å²) in [4.78, 5) is 50.6. The predicted molar refractivity (Wildman–Crippen MR) is 129 cm³/mol. The van der Waals surface area contributed by atoms with Crippen LogP contribution in [0.25, 0.3) is 11.6 Å². The van der Waals surface area contributed by atoms with Gasteiger partial charge in [-0.05, 0) is 43.7 Å². The summed E-state index contributed by atoms with van der Waals surface area (Å²) in [5.74, 6) is -3.73. The number of nitrogens with one attached hydrogen (secondary N) is 4. The number of alkyl halides is 3. The lowest BCUT2D eigenvalue weighted by Gasteiger charge is -2.26. The minimum Gasteiger partial charge on any atom is -0.475 e. The van der Waals surface area contributed by atoms with Gasteiger partial charge in [0.25, 0.3) is 11.8 Å².